The molecular formula is C17H17N5O4S. The van der Waals surface area contributed by atoms with Gasteiger partial charge in [-0.25, -0.2) is 15.0 Å². The Balaban J connectivity index is 1.80. The lowest BCUT2D eigenvalue weighted by Gasteiger charge is -2.06. The van der Waals surface area contributed by atoms with Gasteiger partial charge in [0.2, 0.25) is 5.95 Å². The second-order valence-corrected chi connectivity index (χ2v) is 6.40. The van der Waals surface area contributed by atoms with E-state index in [1.54, 1.807) is 31.5 Å². The largest absolute Gasteiger partial charge is 0.468 e. The molecule has 3 aromatic rings. The lowest BCUT2D eigenvalue weighted by atomic mass is 10.3. The number of aromatic nitrogens is 3. The van der Waals surface area contributed by atoms with Gasteiger partial charge >= 0.3 is 0 Å². The van der Waals surface area contributed by atoms with E-state index in [1.807, 2.05) is 6.92 Å². The van der Waals surface area contributed by atoms with Crippen LogP contribution in [0.3, 0.4) is 0 Å². The summed E-state index contributed by atoms with van der Waals surface area (Å²) in [7, 11) is 1.61. The van der Waals surface area contributed by atoms with E-state index in [-0.39, 0.29) is 5.69 Å². The first-order valence-electron chi connectivity index (χ1n) is 8.01. The number of anilines is 2. The van der Waals surface area contributed by atoms with Gasteiger partial charge in [0.05, 0.1) is 27.8 Å². The summed E-state index contributed by atoms with van der Waals surface area (Å²) >= 11 is 1.39. The number of nitro groups is 1. The maximum Gasteiger partial charge on any atom is 0.274 e. The second-order valence-electron chi connectivity index (χ2n) is 5.43. The number of aryl methyl sites for hydroxylation is 1. The van der Waals surface area contributed by atoms with Crippen LogP contribution in [-0.2, 0) is 4.74 Å². The number of non-ortho nitro benzene ring substituents is 1. The first-order chi connectivity index (χ1) is 13.1. The van der Waals surface area contributed by atoms with Gasteiger partial charge in [-0.1, -0.05) is 17.4 Å². The molecule has 2 heterocycles. The third-order valence-corrected chi connectivity index (χ3v) is 4.58. The molecule has 1 aromatic carbocycles. The maximum absolute atomic E-state index is 10.9. The van der Waals surface area contributed by atoms with Crippen molar-refractivity contribution >= 4 is 28.7 Å². The molecule has 0 unspecified atom stereocenters. The van der Waals surface area contributed by atoms with Crippen LogP contribution in [0.2, 0.25) is 0 Å². The summed E-state index contributed by atoms with van der Waals surface area (Å²) in [4.78, 5) is 24.4. The monoisotopic (exact) mass is 387 g/mol. The zero-order valence-electron chi connectivity index (χ0n) is 14.7. The van der Waals surface area contributed by atoms with Crippen molar-refractivity contribution in [2.75, 3.05) is 25.6 Å². The number of methoxy groups -OCH3 is 1. The van der Waals surface area contributed by atoms with E-state index >= 15 is 0 Å². The highest BCUT2D eigenvalue weighted by atomic mass is 32.1. The molecule has 0 saturated carbocycles. The Morgan fingerprint density at radius 1 is 1.26 bits per heavy atom. The quantitative estimate of drug-likeness (QED) is 0.354. The van der Waals surface area contributed by atoms with Crippen LogP contribution in [0, 0.1) is 17.0 Å². The average Bonchev–Trinajstić information content (AvgIpc) is 3.03. The molecule has 1 N–H and O–H groups in total. The van der Waals surface area contributed by atoms with Gasteiger partial charge in [0.25, 0.3) is 10.9 Å². The maximum atomic E-state index is 10.9. The highest BCUT2D eigenvalue weighted by Crippen LogP contribution is 2.33. The molecule has 0 saturated heterocycles. The van der Waals surface area contributed by atoms with E-state index in [0.29, 0.717) is 35.7 Å². The number of benzene rings is 1. The van der Waals surface area contributed by atoms with Crippen molar-refractivity contribution in [3.05, 3.63) is 52.3 Å². The minimum atomic E-state index is -0.450. The van der Waals surface area contributed by atoms with E-state index in [2.05, 4.69) is 20.3 Å². The third-order valence-electron chi connectivity index (χ3n) is 3.49. The fourth-order valence-corrected chi connectivity index (χ4v) is 3.17. The van der Waals surface area contributed by atoms with E-state index in [9.17, 15) is 10.1 Å². The van der Waals surface area contributed by atoms with Crippen molar-refractivity contribution in [3.8, 4) is 15.8 Å². The van der Waals surface area contributed by atoms with Crippen molar-refractivity contribution in [1.82, 2.24) is 15.0 Å². The molecule has 2 aromatic heterocycles. The van der Waals surface area contributed by atoms with Gasteiger partial charge in [0, 0.05) is 31.1 Å². The molecule has 0 bridgehead atoms. The fraction of sp³-hybridized carbons (Fsp3) is 0.235. The predicted octanol–water partition coefficient (Wildman–Crippen LogP) is 3.59. The van der Waals surface area contributed by atoms with E-state index < -0.39 is 4.92 Å². The van der Waals surface area contributed by atoms with Crippen LogP contribution >= 0.6 is 11.3 Å². The van der Waals surface area contributed by atoms with Crippen LogP contribution in [0.4, 0.5) is 17.3 Å². The van der Waals surface area contributed by atoms with E-state index in [1.165, 1.54) is 23.5 Å². The molecule has 10 heteroatoms. The van der Waals surface area contributed by atoms with Crippen LogP contribution in [0.25, 0.3) is 10.6 Å². The number of nitrogens with zero attached hydrogens (tertiary/aromatic N) is 4. The molecule has 0 aliphatic rings. The number of nitrogens with one attached hydrogen (secondary N) is 1. The van der Waals surface area contributed by atoms with Crippen LogP contribution in [-0.4, -0.2) is 40.2 Å². The van der Waals surface area contributed by atoms with Gasteiger partial charge in [0.1, 0.15) is 6.61 Å². The normalized spacial score (nSPS) is 10.6. The van der Waals surface area contributed by atoms with Gasteiger partial charge in [-0.3, -0.25) is 10.1 Å². The standard InChI is InChI=1S/C17H17N5O4S/c1-11-15(27-17(19-11)26-9-8-25-2)14-6-7-18-16(21-14)20-12-4-3-5-13(10-12)22(23)24/h3-7,10H,8-9H2,1-2H3,(H,18,20,21). The smallest absolute Gasteiger partial charge is 0.274 e. The minimum Gasteiger partial charge on any atom is -0.468 e. The van der Waals surface area contributed by atoms with Crippen LogP contribution < -0.4 is 10.1 Å². The summed E-state index contributed by atoms with van der Waals surface area (Å²) in [6.45, 7) is 2.79. The Bertz CT molecular complexity index is 947. The number of thiazole rings is 1. The highest BCUT2D eigenvalue weighted by molar-refractivity contribution is 7.17. The lowest BCUT2D eigenvalue weighted by Crippen LogP contribution is -2.03. The van der Waals surface area contributed by atoms with Gasteiger partial charge < -0.3 is 14.8 Å². The van der Waals surface area contributed by atoms with E-state index in [4.69, 9.17) is 9.47 Å². The Morgan fingerprint density at radius 2 is 2.11 bits per heavy atom. The van der Waals surface area contributed by atoms with Gasteiger partial charge in [-0.05, 0) is 19.1 Å². The SMILES string of the molecule is COCCOc1nc(C)c(-c2ccnc(Nc3cccc([N+](=O)[O-])c3)n2)s1. The highest BCUT2D eigenvalue weighted by Gasteiger charge is 2.13. The van der Waals surface area contributed by atoms with Crippen molar-refractivity contribution in [1.29, 1.82) is 0 Å². The van der Waals surface area contributed by atoms with Crippen LogP contribution in [0.1, 0.15) is 5.69 Å². The number of ether oxygens (including phenoxy) is 2. The first kappa shape index (κ1) is 18.7. The summed E-state index contributed by atoms with van der Waals surface area (Å²) in [6.07, 6.45) is 1.62. The fourth-order valence-electron chi connectivity index (χ4n) is 2.26. The second kappa shape index (κ2) is 8.52. The summed E-state index contributed by atoms with van der Waals surface area (Å²) in [6, 6.07) is 7.94. The molecule has 0 amide bonds. The topological polar surface area (TPSA) is 112 Å². The molecule has 140 valence electrons. The molecule has 0 aliphatic heterocycles. The van der Waals surface area contributed by atoms with Crippen LogP contribution in [0.15, 0.2) is 36.5 Å². The first-order valence-corrected chi connectivity index (χ1v) is 8.82. The summed E-state index contributed by atoms with van der Waals surface area (Å²) in [5.74, 6) is 0.336. The molecule has 0 aliphatic carbocycles. The Morgan fingerprint density at radius 3 is 2.89 bits per heavy atom. The Hall–Kier alpha value is -3.11. The molecule has 3 rings (SSSR count). The third kappa shape index (κ3) is 4.74. The van der Waals surface area contributed by atoms with Crippen LogP contribution in [0.5, 0.6) is 5.19 Å². The van der Waals surface area contributed by atoms with Crippen molar-refractivity contribution in [2.45, 2.75) is 6.92 Å². The summed E-state index contributed by atoms with van der Waals surface area (Å²) in [5, 5.41) is 14.4. The average molecular weight is 387 g/mol. The van der Waals surface area contributed by atoms with Gasteiger partial charge in [-0.2, -0.15) is 0 Å². The number of nitro benzene ring substituents is 1. The van der Waals surface area contributed by atoms with Crippen molar-refractivity contribution in [3.63, 3.8) is 0 Å². The number of rotatable bonds is 8. The zero-order valence-corrected chi connectivity index (χ0v) is 15.5. The van der Waals surface area contributed by atoms with Gasteiger partial charge in [-0.15, -0.1) is 0 Å². The number of hydrogen-bond donors (Lipinski definition) is 1. The Labute approximate surface area is 159 Å². The molecule has 0 atom stereocenters. The molecule has 27 heavy (non-hydrogen) atoms. The summed E-state index contributed by atoms with van der Waals surface area (Å²) < 4.78 is 10.5. The van der Waals surface area contributed by atoms with Crippen molar-refractivity contribution in [2.24, 2.45) is 0 Å². The zero-order chi connectivity index (χ0) is 19.2. The molecule has 0 fully saturated rings. The lowest BCUT2D eigenvalue weighted by molar-refractivity contribution is -0.384. The van der Waals surface area contributed by atoms with Gasteiger partial charge in [0.15, 0.2) is 0 Å². The molecule has 0 radical (unpaired) electrons. The molecule has 0 spiro atoms. The predicted molar refractivity (Wildman–Crippen MR) is 102 cm³/mol. The molecular weight excluding hydrogens is 370 g/mol. The minimum absolute atomic E-state index is 0.00712. The summed E-state index contributed by atoms with van der Waals surface area (Å²) in [5.41, 5.74) is 2.01. The Kier molecular flexibility index (Phi) is 5.89. The molecule has 9 nitrogen and oxygen atoms in total. The van der Waals surface area contributed by atoms with Crippen molar-refractivity contribution < 1.29 is 14.4 Å². The number of hydrogen-bond acceptors (Lipinski definition) is 9. The van der Waals surface area contributed by atoms with E-state index in [0.717, 1.165) is 10.6 Å².